The first-order valence-electron chi connectivity index (χ1n) is 1.95. The molecule has 0 atom stereocenters. The molecule has 0 bridgehead atoms. The predicted molar refractivity (Wildman–Crippen MR) is 23.3 cm³/mol. The fraction of sp³-hybridized carbons (Fsp3) is 0.250. The van der Waals surface area contributed by atoms with Crippen LogP contribution in [0.2, 0.25) is 0 Å². The van der Waals surface area contributed by atoms with Gasteiger partial charge in [0.2, 0.25) is 5.75 Å². The van der Waals surface area contributed by atoms with Gasteiger partial charge in [0.1, 0.15) is 0 Å². The molecule has 1 rings (SSSR count). The Balaban J connectivity index is 3.04. The highest BCUT2D eigenvalue weighted by molar-refractivity contribution is 5.07. The fourth-order valence-corrected chi connectivity index (χ4v) is 0.399. The molecule has 0 aromatic carbocycles. The molecule has 7 heavy (non-hydrogen) atoms. The largest absolute Gasteiger partial charge is 0.286 e. The van der Waals surface area contributed by atoms with Crippen molar-refractivity contribution < 1.29 is 5.11 Å². The molecule has 37 valence electrons. The van der Waals surface area contributed by atoms with Crippen molar-refractivity contribution in [2.24, 2.45) is 7.05 Å². The zero-order valence-electron chi connectivity index (χ0n) is 3.96. The second-order valence-electron chi connectivity index (χ2n) is 1.35. The van der Waals surface area contributed by atoms with Crippen molar-refractivity contribution in [3.63, 3.8) is 0 Å². The summed E-state index contributed by atoms with van der Waals surface area (Å²) in [6.45, 7) is 0. The fourth-order valence-electron chi connectivity index (χ4n) is 0.399. The van der Waals surface area contributed by atoms with Crippen molar-refractivity contribution in [1.29, 1.82) is 0 Å². The molecule has 0 spiro atoms. The third-order valence-electron chi connectivity index (χ3n) is 0.681. The van der Waals surface area contributed by atoms with E-state index >= 15 is 0 Å². The van der Waals surface area contributed by atoms with Crippen molar-refractivity contribution in [3.05, 3.63) is 12.4 Å². The number of nitrogens with zero attached hydrogens (tertiary/aromatic N) is 2. The van der Waals surface area contributed by atoms with Gasteiger partial charge in [0.15, 0.2) is 0 Å². The van der Waals surface area contributed by atoms with Crippen molar-refractivity contribution in [2.45, 2.75) is 0 Å². The number of rotatable bonds is 0. The van der Waals surface area contributed by atoms with Crippen LogP contribution in [0.25, 0.3) is 0 Å². The highest BCUT2D eigenvalue weighted by Gasteiger charge is 1.88. The molecule has 0 N–H and O–H groups in total. The first kappa shape index (κ1) is 4.18. The minimum absolute atomic E-state index is 0.0394. The maximum Gasteiger partial charge on any atom is 0.216 e. The number of aromatic nitrogens is 2. The molecular weight excluding hydrogens is 92.1 g/mol. The first-order valence-corrected chi connectivity index (χ1v) is 1.95. The van der Waals surface area contributed by atoms with Gasteiger partial charge in [0.05, 0.1) is 12.4 Å². The van der Waals surface area contributed by atoms with Gasteiger partial charge < -0.3 is 0 Å². The smallest absolute Gasteiger partial charge is 0.216 e. The van der Waals surface area contributed by atoms with Crippen LogP contribution >= 0.6 is 0 Å². The third kappa shape index (κ3) is 0.707. The van der Waals surface area contributed by atoms with E-state index in [9.17, 15) is 5.11 Å². The molecule has 0 saturated carbocycles. The van der Waals surface area contributed by atoms with E-state index in [1.807, 2.05) is 0 Å². The Kier molecular flexibility index (Phi) is 0.749. The van der Waals surface area contributed by atoms with Crippen LogP contribution in [0.15, 0.2) is 12.4 Å². The van der Waals surface area contributed by atoms with Crippen molar-refractivity contribution in [1.82, 2.24) is 9.78 Å². The molecule has 3 heteroatoms. The molecule has 0 unspecified atom stereocenters. The summed E-state index contributed by atoms with van der Waals surface area (Å²) in [5.41, 5.74) is 0. The third-order valence-corrected chi connectivity index (χ3v) is 0.681. The molecule has 0 aliphatic carbocycles. The summed E-state index contributed by atoms with van der Waals surface area (Å²) in [4.78, 5) is 0. The van der Waals surface area contributed by atoms with Crippen LogP contribution in [-0.4, -0.2) is 9.78 Å². The number of hydrogen-bond donors (Lipinski definition) is 0. The maximum atomic E-state index is 10.2. The van der Waals surface area contributed by atoms with Gasteiger partial charge in [0, 0.05) is 7.05 Å². The summed E-state index contributed by atoms with van der Waals surface area (Å²) in [5.74, 6) is -0.0394. The summed E-state index contributed by atoms with van der Waals surface area (Å²) >= 11 is 0. The summed E-state index contributed by atoms with van der Waals surface area (Å²) in [6.07, 6.45) is 2.69. The van der Waals surface area contributed by atoms with Crippen LogP contribution in [-0.2, 0) is 12.2 Å². The number of aryl methyl sites for hydroxylation is 1. The molecule has 1 aromatic heterocycles. The summed E-state index contributed by atoms with van der Waals surface area (Å²) in [5, 5.41) is 13.8. The Bertz CT molecular complexity index is 142. The molecule has 1 radical (unpaired) electrons. The van der Waals surface area contributed by atoms with E-state index < -0.39 is 0 Å². The minimum Gasteiger partial charge on any atom is -0.286 e. The Labute approximate surface area is 41.2 Å². The van der Waals surface area contributed by atoms with Crippen molar-refractivity contribution >= 4 is 0 Å². The zero-order valence-corrected chi connectivity index (χ0v) is 3.96. The Morgan fingerprint density at radius 3 is 2.71 bits per heavy atom. The molecule has 0 aliphatic rings. The standard InChI is InChI=1S/C4H5N2O/c1-6-3-4(7)2-5-6/h2-3H,1H3. The molecule has 0 aliphatic heterocycles. The van der Waals surface area contributed by atoms with Gasteiger partial charge in [-0.05, 0) is 0 Å². The molecular formula is C4H5N2O. The molecule has 0 saturated heterocycles. The molecule has 0 amide bonds. The number of hydrogen-bond acceptors (Lipinski definition) is 1. The Morgan fingerprint density at radius 2 is 2.57 bits per heavy atom. The molecule has 0 fully saturated rings. The van der Waals surface area contributed by atoms with E-state index in [0.29, 0.717) is 0 Å². The highest BCUT2D eigenvalue weighted by Crippen LogP contribution is 2.02. The summed E-state index contributed by atoms with van der Waals surface area (Å²) in [7, 11) is 1.71. The van der Waals surface area contributed by atoms with Gasteiger partial charge in [-0.2, -0.15) is 5.10 Å². The first-order chi connectivity index (χ1) is 3.29. The topological polar surface area (TPSA) is 37.7 Å². The highest BCUT2D eigenvalue weighted by atomic mass is 16.3. The van der Waals surface area contributed by atoms with E-state index in [0.717, 1.165) is 0 Å². The second kappa shape index (κ2) is 1.26. The van der Waals surface area contributed by atoms with Crippen LogP contribution in [0.3, 0.4) is 0 Å². The average molecular weight is 97.1 g/mol. The SMILES string of the molecule is Cn1cc([O])cn1. The maximum absolute atomic E-state index is 10.2. The van der Waals surface area contributed by atoms with Gasteiger partial charge in [-0.15, -0.1) is 0 Å². The van der Waals surface area contributed by atoms with Gasteiger partial charge >= 0.3 is 0 Å². The van der Waals surface area contributed by atoms with E-state index in [2.05, 4.69) is 5.10 Å². The summed E-state index contributed by atoms with van der Waals surface area (Å²) < 4.78 is 1.47. The van der Waals surface area contributed by atoms with Gasteiger partial charge in [-0.1, -0.05) is 0 Å². The van der Waals surface area contributed by atoms with Crippen LogP contribution in [0.4, 0.5) is 0 Å². The summed E-state index contributed by atoms with van der Waals surface area (Å²) in [6, 6.07) is 0. The van der Waals surface area contributed by atoms with Crippen LogP contribution in [0.5, 0.6) is 5.75 Å². The quantitative estimate of drug-likeness (QED) is 0.466. The van der Waals surface area contributed by atoms with Gasteiger partial charge in [-0.25, -0.2) is 0 Å². The second-order valence-corrected chi connectivity index (χ2v) is 1.35. The van der Waals surface area contributed by atoms with Gasteiger partial charge in [0.25, 0.3) is 0 Å². The van der Waals surface area contributed by atoms with Crippen LogP contribution < -0.4 is 0 Å². The van der Waals surface area contributed by atoms with E-state index in [1.54, 1.807) is 7.05 Å². The monoisotopic (exact) mass is 97.0 g/mol. The van der Waals surface area contributed by atoms with E-state index in [-0.39, 0.29) is 5.75 Å². The van der Waals surface area contributed by atoms with Crippen LogP contribution in [0.1, 0.15) is 0 Å². The average Bonchev–Trinajstić information content (AvgIpc) is 1.87. The predicted octanol–water partition coefficient (Wildman–Crippen LogP) is 0.564. The van der Waals surface area contributed by atoms with E-state index in [4.69, 9.17) is 0 Å². The van der Waals surface area contributed by atoms with Crippen molar-refractivity contribution in [3.8, 4) is 5.75 Å². The molecule has 1 heterocycles. The lowest BCUT2D eigenvalue weighted by Gasteiger charge is -1.76. The Hall–Kier alpha value is -0.990. The molecule has 3 nitrogen and oxygen atoms in total. The van der Waals surface area contributed by atoms with Gasteiger partial charge in [-0.3, -0.25) is 9.79 Å². The van der Waals surface area contributed by atoms with Crippen molar-refractivity contribution in [2.75, 3.05) is 0 Å². The zero-order chi connectivity index (χ0) is 5.28. The lowest BCUT2D eigenvalue weighted by Crippen LogP contribution is -1.83. The minimum atomic E-state index is -0.0394. The Morgan fingerprint density at radius 1 is 1.86 bits per heavy atom. The van der Waals surface area contributed by atoms with Crippen LogP contribution in [0, 0.1) is 0 Å². The van der Waals surface area contributed by atoms with E-state index in [1.165, 1.54) is 17.1 Å². The lowest BCUT2D eigenvalue weighted by molar-refractivity contribution is 0.354. The normalized spacial score (nSPS) is 9.29. The lowest BCUT2D eigenvalue weighted by atomic mass is 10.7. The molecule has 1 aromatic rings.